The smallest absolute Gasteiger partial charge is 0.410 e. The molecule has 1 rings (SSSR count). The van der Waals surface area contributed by atoms with Crippen LogP contribution in [-0.4, -0.2) is 42.6 Å². The van der Waals surface area contributed by atoms with Gasteiger partial charge in [-0.3, -0.25) is 4.79 Å². The maximum atomic E-state index is 11.1. The van der Waals surface area contributed by atoms with Gasteiger partial charge in [0.1, 0.15) is 6.10 Å². The first-order valence-corrected chi connectivity index (χ1v) is 4.53. The summed E-state index contributed by atoms with van der Waals surface area (Å²) in [4.78, 5) is 23.5. The van der Waals surface area contributed by atoms with E-state index in [0.717, 1.165) is 0 Å². The number of likely N-dealkylation sites (N-methyl/N-ethyl adjacent to an activating group) is 1. The number of carbonyl (C=O) groups excluding carboxylic acids is 2. The largest absolute Gasteiger partial charge is 0.442 e. The molecule has 1 N–H and O–H groups in total. The Morgan fingerprint density at radius 2 is 2.57 bits per heavy atom. The van der Waals surface area contributed by atoms with Crippen molar-refractivity contribution in [3.05, 3.63) is 12.7 Å². The number of cyclic esters (lactones) is 1. The third kappa shape index (κ3) is 2.48. The topological polar surface area (TPSA) is 58.6 Å². The average Bonchev–Trinajstić information content (AvgIpc) is 2.55. The van der Waals surface area contributed by atoms with Gasteiger partial charge in [-0.25, -0.2) is 4.79 Å². The summed E-state index contributed by atoms with van der Waals surface area (Å²) in [5.41, 5.74) is 0. The molecule has 78 valence electrons. The second kappa shape index (κ2) is 4.64. The first-order valence-electron chi connectivity index (χ1n) is 4.53. The summed E-state index contributed by atoms with van der Waals surface area (Å²) >= 11 is 0. The zero-order valence-electron chi connectivity index (χ0n) is 8.16. The van der Waals surface area contributed by atoms with Crippen LogP contribution in [-0.2, 0) is 9.53 Å². The van der Waals surface area contributed by atoms with Crippen molar-refractivity contribution >= 4 is 12.0 Å². The van der Waals surface area contributed by atoms with Crippen molar-refractivity contribution in [1.82, 2.24) is 10.2 Å². The standard InChI is InChI=1S/C9H14N2O3/c1-3-8(12)10-5-7-6-11(4-2)9(13)14-7/h3,7H,1,4-6H2,2H3,(H,10,12). The van der Waals surface area contributed by atoms with Crippen LogP contribution in [0, 0.1) is 0 Å². The van der Waals surface area contributed by atoms with Crippen LogP contribution in [0.4, 0.5) is 4.79 Å². The van der Waals surface area contributed by atoms with Crippen LogP contribution in [0.3, 0.4) is 0 Å². The maximum Gasteiger partial charge on any atom is 0.410 e. The van der Waals surface area contributed by atoms with Crippen LogP contribution in [0.1, 0.15) is 6.92 Å². The number of carbonyl (C=O) groups is 2. The number of hydrogen-bond donors (Lipinski definition) is 1. The summed E-state index contributed by atoms with van der Waals surface area (Å²) in [5.74, 6) is -0.254. The minimum Gasteiger partial charge on any atom is -0.442 e. The molecule has 0 aromatic carbocycles. The molecule has 1 aliphatic rings. The Morgan fingerprint density at radius 1 is 1.86 bits per heavy atom. The van der Waals surface area contributed by atoms with Crippen LogP contribution in [0.15, 0.2) is 12.7 Å². The van der Waals surface area contributed by atoms with Crippen molar-refractivity contribution in [2.45, 2.75) is 13.0 Å². The number of amides is 2. The highest BCUT2D eigenvalue weighted by Crippen LogP contribution is 2.09. The molecule has 1 aliphatic heterocycles. The number of rotatable bonds is 4. The van der Waals surface area contributed by atoms with Crippen molar-refractivity contribution in [1.29, 1.82) is 0 Å². The Balaban J connectivity index is 2.31. The van der Waals surface area contributed by atoms with Gasteiger partial charge in [-0.15, -0.1) is 0 Å². The Morgan fingerprint density at radius 3 is 3.07 bits per heavy atom. The molecule has 2 amide bonds. The molecule has 5 heteroatoms. The minimum atomic E-state index is -0.314. The van der Waals surface area contributed by atoms with E-state index in [-0.39, 0.29) is 18.1 Å². The van der Waals surface area contributed by atoms with E-state index in [0.29, 0.717) is 19.6 Å². The van der Waals surface area contributed by atoms with Crippen molar-refractivity contribution in [3.8, 4) is 0 Å². The van der Waals surface area contributed by atoms with Crippen molar-refractivity contribution in [2.24, 2.45) is 0 Å². The lowest BCUT2D eigenvalue weighted by molar-refractivity contribution is -0.116. The summed E-state index contributed by atoms with van der Waals surface area (Å²) in [7, 11) is 0. The van der Waals surface area contributed by atoms with Crippen LogP contribution < -0.4 is 5.32 Å². The van der Waals surface area contributed by atoms with Crippen LogP contribution in [0.2, 0.25) is 0 Å². The van der Waals surface area contributed by atoms with Crippen LogP contribution in [0.5, 0.6) is 0 Å². The maximum absolute atomic E-state index is 11.1. The highest BCUT2D eigenvalue weighted by Gasteiger charge is 2.29. The van der Waals surface area contributed by atoms with Crippen LogP contribution in [0.25, 0.3) is 0 Å². The molecule has 1 fully saturated rings. The summed E-state index contributed by atoms with van der Waals surface area (Å²) in [5, 5.41) is 2.58. The van der Waals surface area contributed by atoms with Crippen molar-refractivity contribution < 1.29 is 14.3 Å². The molecule has 0 aromatic rings. The predicted octanol–water partition coefficient (Wildman–Crippen LogP) is 0.129. The normalized spacial score (nSPS) is 20.5. The van der Waals surface area contributed by atoms with Gasteiger partial charge in [0.25, 0.3) is 0 Å². The molecule has 1 atom stereocenters. The minimum absolute atomic E-state index is 0.244. The first kappa shape index (κ1) is 10.6. The zero-order chi connectivity index (χ0) is 10.6. The number of ether oxygens (including phenoxy) is 1. The molecule has 0 aliphatic carbocycles. The number of nitrogens with zero attached hydrogens (tertiary/aromatic N) is 1. The lowest BCUT2D eigenvalue weighted by atomic mass is 10.3. The second-order valence-electron chi connectivity index (χ2n) is 2.99. The Kier molecular flexibility index (Phi) is 3.50. The Hall–Kier alpha value is -1.52. The molecule has 5 nitrogen and oxygen atoms in total. The molecular formula is C9H14N2O3. The van der Waals surface area contributed by atoms with Gasteiger partial charge in [-0.05, 0) is 13.0 Å². The van der Waals surface area contributed by atoms with E-state index in [1.54, 1.807) is 4.90 Å². The van der Waals surface area contributed by atoms with E-state index in [4.69, 9.17) is 4.74 Å². The fourth-order valence-corrected chi connectivity index (χ4v) is 1.23. The van der Waals surface area contributed by atoms with E-state index in [2.05, 4.69) is 11.9 Å². The third-order valence-electron chi connectivity index (χ3n) is 2.02. The fourth-order valence-electron chi connectivity index (χ4n) is 1.23. The van der Waals surface area contributed by atoms with E-state index in [1.165, 1.54) is 6.08 Å². The molecule has 0 bridgehead atoms. The quantitative estimate of drug-likeness (QED) is 0.653. The summed E-state index contributed by atoms with van der Waals surface area (Å²) < 4.78 is 5.00. The molecule has 14 heavy (non-hydrogen) atoms. The van der Waals surface area contributed by atoms with Gasteiger partial charge in [0.2, 0.25) is 5.91 Å². The molecular weight excluding hydrogens is 184 g/mol. The number of hydrogen-bond acceptors (Lipinski definition) is 3. The second-order valence-corrected chi connectivity index (χ2v) is 2.99. The average molecular weight is 198 g/mol. The van der Waals surface area contributed by atoms with Gasteiger partial charge in [-0.2, -0.15) is 0 Å². The van der Waals surface area contributed by atoms with Crippen molar-refractivity contribution in [2.75, 3.05) is 19.6 Å². The molecule has 1 heterocycles. The predicted molar refractivity (Wildman–Crippen MR) is 50.7 cm³/mol. The van der Waals surface area contributed by atoms with Crippen LogP contribution >= 0.6 is 0 Å². The summed E-state index contributed by atoms with van der Waals surface area (Å²) in [6, 6.07) is 0. The molecule has 0 spiro atoms. The molecule has 1 saturated heterocycles. The van der Waals surface area contributed by atoms with Gasteiger partial charge in [0.05, 0.1) is 13.1 Å². The highest BCUT2D eigenvalue weighted by atomic mass is 16.6. The highest BCUT2D eigenvalue weighted by molar-refractivity contribution is 5.86. The van der Waals surface area contributed by atoms with E-state index in [9.17, 15) is 9.59 Å². The SMILES string of the molecule is C=CC(=O)NCC1CN(CC)C(=O)O1. The fraction of sp³-hybridized carbons (Fsp3) is 0.556. The van der Waals surface area contributed by atoms with Crippen molar-refractivity contribution in [3.63, 3.8) is 0 Å². The molecule has 0 radical (unpaired) electrons. The summed E-state index contributed by atoms with van der Waals surface area (Å²) in [6.07, 6.45) is 0.630. The van der Waals surface area contributed by atoms with Gasteiger partial charge in [0, 0.05) is 6.54 Å². The van der Waals surface area contributed by atoms with E-state index >= 15 is 0 Å². The third-order valence-corrected chi connectivity index (χ3v) is 2.02. The van der Waals surface area contributed by atoms with Gasteiger partial charge < -0.3 is 15.0 Å². The van der Waals surface area contributed by atoms with Gasteiger partial charge >= 0.3 is 6.09 Å². The lowest BCUT2D eigenvalue weighted by Crippen LogP contribution is -2.33. The Labute approximate surface area is 82.7 Å². The monoisotopic (exact) mass is 198 g/mol. The molecule has 1 unspecified atom stereocenters. The van der Waals surface area contributed by atoms with E-state index in [1.807, 2.05) is 6.92 Å². The van der Waals surface area contributed by atoms with Gasteiger partial charge in [0.15, 0.2) is 0 Å². The zero-order valence-corrected chi connectivity index (χ0v) is 8.16. The molecule has 0 aromatic heterocycles. The van der Waals surface area contributed by atoms with Gasteiger partial charge in [-0.1, -0.05) is 6.58 Å². The first-order chi connectivity index (χ1) is 6.67. The molecule has 0 saturated carbocycles. The Bertz CT molecular complexity index is 252. The van der Waals surface area contributed by atoms with E-state index < -0.39 is 0 Å². The summed E-state index contributed by atoms with van der Waals surface area (Å²) in [6.45, 7) is 6.71. The lowest BCUT2D eigenvalue weighted by Gasteiger charge is -2.09. The number of nitrogens with one attached hydrogen (secondary N) is 1.